The predicted octanol–water partition coefficient (Wildman–Crippen LogP) is 2.04. The lowest BCUT2D eigenvalue weighted by atomic mass is 10.0. The first kappa shape index (κ1) is 10.4. The fourth-order valence-corrected chi connectivity index (χ4v) is 1.64. The Labute approximate surface area is 91.5 Å². The van der Waals surface area contributed by atoms with Crippen LogP contribution in [-0.2, 0) is 0 Å². The van der Waals surface area contributed by atoms with Gasteiger partial charge < -0.3 is 10.4 Å². The molecule has 0 radical (unpaired) electrons. The zero-order valence-corrected chi connectivity index (χ0v) is 8.62. The average molecular weight is 219 g/mol. The SMILES string of the molecule is CNC(=O)c1cccc2c(F)c(O)ccc12. The molecule has 1 amide bonds. The van der Waals surface area contributed by atoms with E-state index in [9.17, 15) is 14.3 Å². The lowest BCUT2D eigenvalue weighted by Gasteiger charge is -2.06. The largest absolute Gasteiger partial charge is 0.505 e. The Morgan fingerprint density at radius 3 is 2.69 bits per heavy atom. The van der Waals surface area contributed by atoms with Crippen LogP contribution in [0.2, 0.25) is 0 Å². The number of carbonyl (C=O) groups excluding carboxylic acids is 1. The molecule has 0 aliphatic carbocycles. The van der Waals surface area contributed by atoms with Crippen LogP contribution in [0, 0.1) is 5.82 Å². The molecule has 2 rings (SSSR count). The molecule has 0 atom stereocenters. The number of nitrogens with one attached hydrogen (secondary N) is 1. The van der Waals surface area contributed by atoms with Gasteiger partial charge in [-0.2, -0.15) is 0 Å². The van der Waals surface area contributed by atoms with Crippen molar-refractivity contribution in [3.8, 4) is 5.75 Å². The maximum absolute atomic E-state index is 13.6. The number of phenolic OH excluding ortho intramolecular Hbond substituents is 1. The number of carbonyl (C=O) groups is 1. The molecule has 2 aromatic rings. The van der Waals surface area contributed by atoms with Gasteiger partial charge in [0.1, 0.15) is 0 Å². The Hall–Kier alpha value is -2.10. The number of hydrogen-bond donors (Lipinski definition) is 2. The highest BCUT2D eigenvalue weighted by Gasteiger charge is 2.12. The molecule has 0 aromatic heterocycles. The Balaban J connectivity index is 2.79. The van der Waals surface area contributed by atoms with Gasteiger partial charge in [0.25, 0.3) is 5.91 Å². The quantitative estimate of drug-likeness (QED) is 0.771. The number of aromatic hydroxyl groups is 1. The minimum absolute atomic E-state index is 0.237. The standard InChI is InChI=1S/C12H10FNO2/c1-14-12(16)9-4-2-3-8-7(9)5-6-10(15)11(8)13/h2-6,15H,1H3,(H,14,16). The number of amides is 1. The fraction of sp³-hybridized carbons (Fsp3) is 0.0833. The molecule has 4 heteroatoms. The number of hydrogen-bond acceptors (Lipinski definition) is 2. The zero-order valence-electron chi connectivity index (χ0n) is 8.62. The summed E-state index contributed by atoms with van der Waals surface area (Å²) in [7, 11) is 1.51. The molecule has 82 valence electrons. The minimum Gasteiger partial charge on any atom is -0.505 e. The van der Waals surface area contributed by atoms with E-state index in [4.69, 9.17) is 0 Å². The van der Waals surface area contributed by atoms with E-state index in [2.05, 4.69) is 5.32 Å². The van der Waals surface area contributed by atoms with E-state index in [-0.39, 0.29) is 11.3 Å². The van der Waals surface area contributed by atoms with Crippen molar-refractivity contribution in [2.75, 3.05) is 7.05 Å². The third-order valence-electron chi connectivity index (χ3n) is 2.45. The molecule has 0 unspecified atom stereocenters. The van der Waals surface area contributed by atoms with Crippen LogP contribution in [0.5, 0.6) is 5.75 Å². The van der Waals surface area contributed by atoms with Crippen LogP contribution in [0.1, 0.15) is 10.4 Å². The van der Waals surface area contributed by atoms with Crippen LogP contribution in [0.25, 0.3) is 10.8 Å². The summed E-state index contributed by atoms with van der Waals surface area (Å²) in [6, 6.07) is 7.48. The molecule has 0 saturated carbocycles. The van der Waals surface area contributed by atoms with Crippen LogP contribution in [0.3, 0.4) is 0 Å². The lowest BCUT2D eigenvalue weighted by molar-refractivity contribution is 0.0964. The van der Waals surface area contributed by atoms with Crippen molar-refractivity contribution in [1.29, 1.82) is 0 Å². The van der Waals surface area contributed by atoms with E-state index in [0.717, 1.165) is 0 Å². The second-order valence-corrected chi connectivity index (χ2v) is 3.38. The van der Waals surface area contributed by atoms with Gasteiger partial charge in [-0.3, -0.25) is 4.79 Å². The van der Waals surface area contributed by atoms with E-state index in [1.54, 1.807) is 12.1 Å². The molecule has 0 aliphatic heterocycles. The summed E-state index contributed by atoms with van der Waals surface area (Å²) in [5.74, 6) is -1.40. The van der Waals surface area contributed by atoms with Crippen molar-refractivity contribution in [2.24, 2.45) is 0 Å². The van der Waals surface area contributed by atoms with Crippen LogP contribution in [-0.4, -0.2) is 18.1 Å². The minimum atomic E-state index is -0.705. The maximum atomic E-state index is 13.6. The van der Waals surface area contributed by atoms with Gasteiger partial charge in [0.15, 0.2) is 11.6 Å². The maximum Gasteiger partial charge on any atom is 0.251 e. The molecule has 0 saturated heterocycles. The molecule has 0 bridgehead atoms. The Morgan fingerprint density at radius 1 is 1.25 bits per heavy atom. The second-order valence-electron chi connectivity index (χ2n) is 3.38. The highest BCUT2D eigenvalue weighted by atomic mass is 19.1. The van der Waals surface area contributed by atoms with E-state index < -0.39 is 11.6 Å². The summed E-state index contributed by atoms with van der Waals surface area (Å²) in [5.41, 5.74) is 0.388. The van der Waals surface area contributed by atoms with Crippen LogP contribution in [0.4, 0.5) is 4.39 Å². The fourth-order valence-electron chi connectivity index (χ4n) is 1.64. The summed E-state index contributed by atoms with van der Waals surface area (Å²) >= 11 is 0. The molecule has 2 aromatic carbocycles. The van der Waals surface area contributed by atoms with E-state index in [1.807, 2.05) is 0 Å². The van der Waals surface area contributed by atoms with E-state index >= 15 is 0 Å². The summed E-state index contributed by atoms with van der Waals surface area (Å²) in [4.78, 5) is 11.5. The number of benzene rings is 2. The lowest BCUT2D eigenvalue weighted by Crippen LogP contribution is -2.18. The van der Waals surface area contributed by atoms with Gasteiger partial charge in [0.2, 0.25) is 0 Å². The second kappa shape index (κ2) is 3.81. The Morgan fingerprint density at radius 2 is 2.00 bits per heavy atom. The van der Waals surface area contributed by atoms with Crippen molar-refractivity contribution >= 4 is 16.7 Å². The number of halogens is 1. The molecule has 3 nitrogen and oxygen atoms in total. The summed E-state index contributed by atoms with van der Waals surface area (Å²) in [5, 5.41) is 12.4. The van der Waals surface area contributed by atoms with Crippen molar-refractivity contribution in [2.45, 2.75) is 0 Å². The zero-order chi connectivity index (χ0) is 11.7. The Bertz CT molecular complexity index is 566. The first-order chi connectivity index (χ1) is 7.65. The smallest absolute Gasteiger partial charge is 0.251 e. The van der Waals surface area contributed by atoms with E-state index in [0.29, 0.717) is 10.9 Å². The summed E-state index contributed by atoms with van der Waals surface area (Å²) in [6.45, 7) is 0. The molecule has 2 N–H and O–H groups in total. The number of phenols is 1. The third kappa shape index (κ3) is 1.48. The summed E-state index contributed by atoms with van der Waals surface area (Å²) < 4.78 is 13.6. The van der Waals surface area contributed by atoms with E-state index in [1.165, 1.54) is 25.2 Å². The van der Waals surface area contributed by atoms with Gasteiger partial charge in [0, 0.05) is 18.0 Å². The number of rotatable bonds is 1. The van der Waals surface area contributed by atoms with Crippen molar-refractivity contribution < 1.29 is 14.3 Å². The highest BCUT2D eigenvalue weighted by molar-refractivity contribution is 6.07. The monoisotopic (exact) mass is 219 g/mol. The molecule has 0 heterocycles. The van der Waals surface area contributed by atoms with Gasteiger partial charge >= 0.3 is 0 Å². The van der Waals surface area contributed by atoms with Crippen LogP contribution >= 0.6 is 0 Å². The van der Waals surface area contributed by atoms with Crippen molar-refractivity contribution in [1.82, 2.24) is 5.32 Å². The third-order valence-corrected chi connectivity index (χ3v) is 2.45. The van der Waals surface area contributed by atoms with Gasteiger partial charge in [-0.1, -0.05) is 12.1 Å². The van der Waals surface area contributed by atoms with Crippen LogP contribution < -0.4 is 5.32 Å². The highest BCUT2D eigenvalue weighted by Crippen LogP contribution is 2.27. The van der Waals surface area contributed by atoms with Crippen molar-refractivity contribution in [3.05, 3.63) is 41.7 Å². The normalized spacial score (nSPS) is 10.4. The molecule has 16 heavy (non-hydrogen) atoms. The van der Waals surface area contributed by atoms with Gasteiger partial charge in [-0.25, -0.2) is 4.39 Å². The molecular weight excluding hydrogens is 209 g/mol. The Kier molecular flexibility index (Phi) is 2.48. The van der Waals surface area contributed by atoms with Crippen LogP contribution in [0.15, 0.2) is 30.3 Å². The van der Waals surface area contributed by atoms with Gasteiger partial charge in [-0.15, -0.1) is 0 Å². The van der Waals surface area contributed by atoms with Gasteiger partial charge in [-0.05, 0) is 23.6 Å². The topological polar surface area (TPSA) is 49.3 Å². The number of fused-ring (bicyclic) bond motifs is 1. The predicted molar refractivity (Wildman–Crippen MR) is 59.0 cm³/mol. The van der Waals surface area contributed by atoms with Gasteiger partial charge in [0.05, 0.1) is 0 Å². The molecular formula is C12H10FNO2. The average Bonchev–Trinajstić information content (AvgIpc) is 2.32. The first-order valence-electron chi connectivity index (χ1n) is 4.77. The summed E-state index contributed by atoms with van der Waals surface area (Å²) in [6.07, 6.45) is 0. The molecule has 0 fully saturated rings. The molecule has 0 spiro atoms. The first-order valence-corrected chi connectivity index (χ1v) is 4.77. The molecule has 0 aliphatic rings. The van der Waals surface area contributed by atoms with Crippen molar-refractivity contribution in [3.63, 3.8) is 0 Å².